The van der Waals surface area contributed by atoms with Gasteiger partial charge in [0.2, 0.25) is 5.91 Å². The van der Waals surface area contributed by atoms with Gasteiger partial charge in [-0.05, 0) is 65.1 Å². The highest BCUT2D eigenvalue weighted by Crippen LogP contribution is 2.39. The molecule has 226 valence electrons. The fraction of sp³-hybridized carbons (Fsp3) is 0.179. The van der Waals surface area contributed by atoms with E-state index in [1.54, 1.807) is 19.5 Å². The van der Waals surface area contributed by atoms with Crippen molar-refractivity contribution in [3.63, 3.8) is 0 Å². The molecule has 6 nitrogen and oxygen atoms in total. The van der Waals surface area contributed by atoms with Crippen molar-refractivity contribution >= 4 is 16.8 Å². The Hall–Kier alpha value is -5.36. The van der Waals surface area contributed by atoms with Gasteiger partial charge in [-0.3, -0.25) is 9.78 Å². The van der Waals surface area contributed by atoms with Gasteiger partial charge in [0.05, 0.1) is 7.11 Å². The van der Waals surface area contributed by atoms with Crippen LogP contribution in [0.2, 0.25) is 0 Å². The summed E-state index contributed by atoms with van der Waals surface area (Å²) in [7, 11) is 1.65. The number of pyridine rings is 1. The molecule has 1 atom stereocenters. The number of carbonyl (C=O) groups is 1. The number of rotatable bonds is 12. The first-order chi connectivity index (χ1) is 22.1. The molecule has 1 unspecified atom stereocenters. The number of para-hydroxylation sites is 1. The van der Waals surface area contributed by atoms with Gasteiger partial charge in [0, 0.05) is 54.9 Å². The lowest BCUT2D eigenvalue weighted by Crippen LogP contribution is -2.25. The number of aromatic nitrogens is 2. The van der Waals surface area contributed by atoms with Crippen LogP contribution in [0.1, 0.15) is 45.7 Å². The quantitative estimate of drug-likeness (QED) is 0.157. The summed E-state index contributed by atoms with van der Waals surface area (Å²) in [6.45, 7) is 3.69. The highest BCUT2D eigenvalue weighted by Gasteiger charge is 2.24. The summed E-state index contributed by atoms with van der Waals surface area (Å²) in [5.41, 5.74) is 7.73. The summed E-state index contributed by atoms with van der Waals surface area (Å²) < 4.78 is 14.3. The number of nitrogens with one attached hydrogen (secondary N) is 1. The number of fused-ring (bicyclic) bond motifs is 1. The van der Waals surface area contributed by atoms with E-state index in [2.05, 4.69) is 76.5 Å². The van der Waals surface area contributed by atoms with E-state index in [9.17, 15) is 4.79 Å². The Morgan fingerprint density at radius 2 is 1.58 bits per heavy atom. The zero-order valence-electron chi connectivity index (χ0n) is 25.6. The molecule has 0 spiro atoms. The maximum absolute atomic E-state index is 13.6. The second-order valence-corrected chi connectivity index (χ2v) is 11.3. The molecule has 4 aromatic carbocycles. The van der Waals surface area contributed by atoms with E-state index in [-0.39, 0.29) is 18.2 Å². The number of amides is 1. The van der Waals surface area contributed by atoms with Crippen molar-refractivity contribution in [2.45, 2.75) is 39.0 Å². The van der Waals surface area contributed by atoms with Gasteiger partial charge in [0.1, 0.15) is 6.61 Å². The first kappa shape index (κ1) is 29.7. The summed E-state index contributed by atoms with van der Waals surface area (Å²) in [6.07, 6.45) is 5.96. The second kappa shape index (κ2) is 14.0. The predicted molar refractivity (Wildman–Crippen MR) is 179 cm³/mol. The lowest BCUT2D eigenvalue weighted by molar-refractivity contribution is -0.121. The number of methoxy groups -OCH3 is 1. The molecule has 0 saturated carbocycles. The summed E-state index contributed by atoms with van der Waals surface area (Å²) in [5, 5.41) is 4.25. The van der Waals surface area contributed by atoms with Crippen LogP contribution in [0.25, 0.3) is 10.9 Å². The molecule has 0 aliphatic carbocycles. The minimum Gasteiger partial charge on any atom is -0.493 e. The molecule has 0 radical (unpaired) electrons. The Morgan fingerprint density at radius 1 is 0.822 bits per heavy atom. The van der Waals surface area contributed by atoms with Crippen LogP contribution in [0, 0.1) is 6.92 Å². The molecule has 1 amide bonds. The van der Waals surface area contributed by atoms with Gasteiger partial charge in [0.25, 0.3) is 0 Å². The lowest BCUT2D eigenvalue weighted by atomic mass is 9.87. The van der Waals surface area contributed by atoms with Crippen LogP contribution < -0.4 is 14.8 Å². The summed E-state index contributed by atoms with van der Waals surface area (Å²) in [5.74, 6) is 1.04. The first-order valence-corrected chi connectivity index (χ1v) is 15.2. The van der Waals surface area contributed by atoms with Gasteiger partial charge in [-0.1, -0.05) is 84.4 Å². The maximum Gasteiger partial charge on any atom is 0.221 e. The summed E-state index contributed by atoms with van der Waals surface area (Å²) in [4.78, 5) is 17.7. The minimum absolute atomic E-state index is 0.0326. The molecule has 2 heterocycles. The monoisotopic (exact) mass is 595 g/mol. The van der Waals surface area contributed by atoms with Gasteiger partial charge >= 0.3 is 0 Å². The third-order valence-electron chi connectivity index (χ3n) is 8.12. The van der Waals surface area contributed by atoms with E-state index in [0.29, 0.717) is 24.7 Å². The number of hydrogen-bond acceptors (Lipinski definition) is 4. The van der Waals surface area contributed by atoms with E-state index in [1.165, 1.54) is 11.1 Å². The van der Waals surface area contributed by atoms with Crippen LogP contribution >= 0.6 is 0 Å². The van der Waals surface area contributed by atoms with E-state index >= 15 is 0 Å². The molecule has 2 aromatic heterocycles. The van der Waals surface area contributed by atoms with Gasteiger partial charge < -0.3 is 19.4 Å². The average molecular weight is 596 g/mol. The zero-order chi connectivity index (χ0) is 31.0. The summed E-state index contributed by atoms with van der Waals surface area (Å²) >= 11 is 0. The third kappa shape index (κ3) is 7.24. The zero-order valence-corrected chi connectivity index (χ0v) is 25.6. The Morgan fingerprint density at radius 3 is 2.36 bits per heavy atom. The molecule has 0 bridgehead atoms. The Balaban J connectivity index is 1.37. The average Bonchev–Trinajstić information content (AvgIpc) is 3.45. The van der Waals surface area contributed by atoms with Crippen molar-refractivity contribution in [2.24, 2.45) is 0 Å². The molecular formula is C39H37N3O3. The number of ether oxygens (including phenoxy) is 2. The van der Waals surface area contributed by atoms with Crippen LogP contribution in [-0.4, -0.2) is 22.6 Å². The van der Waals surface area contributed by atoms with Gasteiger partial charge in [0.15, 0.2) is 11.5 Å². The SMILES string of the molecule is COc1ccc(C(CC(=O)NCc2ccncc2)c2cn(Cc3ccc(C)cc3)c3ccccc23)cc1OCc1ccccc1. The molecule has 0 saturated heterocycles. The van der Waals surface area contributed by atoms with Crippen molar-refractivity contribution in [1.29, 1.82) is 0 Å². The number of benzene rings is 4. The van der Waals surface area contributed by atoms with Crippen molar-refractivity contribution in [2.75, 3.05) is 7.11 Å². The van der Waals surface area contributed by atoms with Crippen LogP contribution in [0.3, 0.4) is 0 Å². The van der Waals surface area contributed by atoms with Crippen LogP contribution in [0.5, 0.6) is 11.5 Å². The molecule has 6 aromatic rings. The highest BCUT2D eigenvalue weighted by atomic mass is 16.5. The molecule has 6 heteroatoms. The molecule has 45 heavy (non-hydrogen) atoms. The van der Waals surface area contributed by atoms with Gasteiger partial charge in [-0.2, -0.15) is 0 Å². The highest BCUT2D eigenvalue weighted by molar-refractivity contribution is 5.87. The van der Waals surface area contributed by atoms with E-state index in [4.69, 9.17) is 9.47 Å². The topological polar surface area (TPSA) is 65.4 Å². The summed E-state index contributed by atoms with van der Waals surface area (Å²) in [6, 6.07) is 36.9. The van der Waals surface area contributed by atoms with E-state index in [0.717, 1.165) is 39.7 Å². The van der Waals surface area contributed by atoms with E-state index < -0.39 is 0 Å². The maximum atomic E-state index is 13.6. The standard InChI is InChI=1S/C39H37N3O3/c1-28-12-14-30(15-13-28)25-42-26-35(33-10-6-7-11-36(33)42)34(23-39(43)41-24-29-18-20-40-21-19-29)32-16-17-37(44-2)38(22-32)45-27-31-8-4-3-5-9-31/h3-22,26,34H,23-25,27H2,1-2H3,(H,41,43). The Kier molecular flexibility index (Phi) is 9.21. The second-order valence-electron chi connectivity index (χ2n) is 11.3. The van der Waals surface area contributed by atoms with Crippen molar-refractivity contribution < 1.29 is 14.3 Å². The lowest BCUT2D eigenvalue weighted by Gasteiger charge is -2.20. The van der Waals surface area contributed by atoms with E-state index in [1.807, 2.05) is 60.7 Å². The molecular weight excluding hydrogens is 558 g/mol. The molecule has 1 N–H and O–H groups in total. The molecule has 0 aliphatic heterocycles. The largest absolute Gasteiger partial charge is 0.493 e. The number of hydrogen-bond donors (Lipinski definition) is 1. The first-order valence-electron chi connectivity index (χ1n) is 15.2. The number of nitrogens with zero attached hydrogens (tertiary/aromatic N) is 2. The third-order valence-corrected chi connectivity index (χ3v) is 8.12. The molecule has 0 fully saturated rings. The van der Waals surface area contributed by atoms with Crippen molar-refractivity contribution in [1.82, 2.24) is 14.9 Å². The normalized spacial score (nSPS) is 11.7. The van der Waals surface area contributed by atoms with Crippen molar-refractivity contribution in [3.05, 3.63) is 161 Å². The fourth-order valence-electron chi connectivity index (χ4n) is 5.70. The Labute approximate surface area is 264 Å². The van der Waals surface area contributed by atoms with Crippen molar-refractivity contribution in [3.8, 4) is 11.5 Å². The Bertz CT molecular complexity index is 1870. The van der Waals surface area contributed by atoms with Crippen LogP contribution in [0.4, 0.5) is 0 Å². The molecule has 0 aliphatic rings. The number of aryl methyl sites for hydroxylation is 1. The van der Waals surface area contributed by atoms with Crippen LogP contribution in [-0.2, 0) is 24.5 Å². The van der Waals surface area contributed by atoms with Crippen LogP contribution in [0.15, 0.2) is 128 Å². The predicted octanol–water partition coefficient (Wildman–Crippen LogP) is 7.82. The molecule has 6 rings (SSSR count). The minimum atomic E-state index is -0.225. The smallest absolute Gasteiger partial charge is 0.221 e. The number of carbonyl (C=O) groups excluding carboxylic acids is 1. The van der Waals surface area contributed by atoms with Gasteiger partial charge in [-0.25, -0.2) is 0 Å². The fourth-order valence-corrected chi connectivity index (χ4v) is 5.70. The van der Waals surface area contributed by atoms with Gasteiger partial charge in [-0.15, -0.1) is 0 Å².